The first-order chi connectivity index (χ1) is 18.6. The molecule has 0 atom stereocenters. The number of hydrogen-bond donors (Lipinski definition) is 0. The van der Waals surface area contributed by atoms with Gasteiger partial charge in [0.1, 0.15) is 11.2 Å². The number of aromatic nitrogens is 5. The van der Waals surface area contributed by atoms with Gasteiger partial charge < -0.3 is 4.74 Å². The number of methoxy groups -OCH3 is 1. The van der Waals surface area contributed by atoms with Crippen molar-refractivity contribution in [1.29, 1.82) is 0 Å². The Hall–Kier alpha value is -5.24. The van der Waals surface area contributed by atoms with Gasteiger partial charge in [0.05, 0.1) is 12.8 Å². The second-order valence-corrected chi connectivity index (χ2v) is 8.42. The van der Waals surface area contributed by atoms with Crippen LogP contribution in [0.1, 0.15) is 27.9 Å². The topological polar surface area (TPSA) is 99.9 Å². The lowest BCUT2D eigenvalue weighted by Crippen LogP contribution is -2.25. The normalized spacial score (nSPS) is 11.4. The van der Waals surface area contributed by atoms with Gasteiger partial charge in [-0.05, 0) is 64.7 Å². The van der Waals surface area contributed by atoms with Crippen LogP contribution in [0.4, 0.5) is 0 Å². The monoisotopic (exact) mass is 501 g/mol. The molecule has 4 aromatic heterocycles. The molecule has 4 heterocycles. The maximum absolute atomic E-state index is 13.6. The van der Waals surface area contributed by atoms with E-state index in [4.69, 9.17) is 0 Å². The lowest BCUT2D eigenvalue weighted by Gasteiger charge is -2.12. The molecule has 8 heteroatoms. The summed E-state index contributed by atoms with van der Waals surface area (Å²) in [5.74, 6) is -0.431. The van der Waals surface area contributed by atoms with E-state index < -0.39 is 5.97 Å². The van der Waals surface area contributed by atoms with Crippen LogP contribution in [0.2, 0.25) is 0 Å². The minimum Gasteiger partial charge on any atom is -0.466 e. The standard InChI is InChI=1S/C30H23N5O3/c1-38-28(36)12-11-24-15-23(19-32-20-24)10-9-21-5-2-7-25(16-21)35-29-26(8-4-14-33-29)34-27(30(35)37)17-22-6-3-13-31-18-22/h2-16,18-20H,17H2,1H3. The molecule has 8 nitrogen and oxygen atoms in total. The van der Waals surface area contributed by atoms with Crippen LogP contribution >= 0.6 is 0 Å². The third kappa shape index (κ3) is 5.60. The van der Waals surface area contributed by atoms with Crippen molar-refractivity contribution in [3.8, 4) is 5.69 Å². The van der Waals surface area contributed by atoms with Crippen LogP contribution in [0.3, 0.4) is 0 Å². The Labute approximate surface area is 218 Å². The van der Waals surface area contributed by atoms with Crippen LogP contribution in [-0.2, 0) is 16.0 Å². The molecule has 0 unspecified atom stereocenters. The highest BCUT2D eigenvalue weighted by Crippen LogP contribution is 2.18. The molecule has 38 heavy (non-hydrogen) atoms. The molecule has 0 spiro atoms. The zero-order chi connectivity index (χ0) is 26.3. The average Bonchev–Trinajstić information content (AvgIpc) is 2.96. The van der Waals surface area contributed by atoms with Crippen LogP contribution in [-0.4, -0.2) is 37.6 Å². The number of rotatable bonds is 7. The Bertz CT molecular complexity index is 1730. The summed E-state index contributed by atoms with van der Waals surface area (Å²) < 4.78 is 6.23. The molecule has 186 valence electrons. The molecule has 5 rings (SSSR count). The van der Waals surface area contributed by atoms with Gasteiger partial charge in [0.2, 0.25) is 0 Å². The molecule has 0 radical (unpaired) electrons. The Morgan fingerprint density at radius 3 is 2.53 bits per heavy atom. The van der Waals surface area contributed by atoms with Gasteiger partial charge in [-0.25, -0.2) is 14.8 Å². The molecule has 0 bridgehead atoms. The fourth-order valence-electron chi connectivity index (χ4n) is 3.97. The van der Waals surface area contributed by atoms with Gasteiger partial charge in [0.15, 0.2) is 5.65 Å². The molecular weight excluding hydrogens is 478 g/mol. The zero-order valence-corrected chi connectivity index (χ0v) is 20.6. The minimum atomic E-state index is -0.431. The van der Waals surface area contributed by atoms with Crippen LogP contribution in [0.5, 0.6) is 0 Å². The van der Waals surface area contributed by atoms with Crippen molar-refractivity contribution in [3.05, 3.63) is 130 Å². The summed E-state index contributed by atoms with van der Waals surface area (Å²) in [5.41, 5.74) is 5.42. The fourth-order valence-corrected chi connectivity index (χ4v) is 3.97. The molecule has 0 aliphatic carbocycles. The molecule has 0 saturated carbocycles. The number of carbonyl (C=O) groups excluding carboxylic acids is 1. The van der Waals surface area contributed by atoms with Crippen LogP contribution in [0.15, 0.2) is 96.5 Å². The van der Waals surface area contributed by atoms with E-state index in [1.165, 1.54) is 13.2 Å². The molecule has 0 saturated heterocycles. The van der Waals surface area contributed by atoms with Crippen LogP contribution in [0.25, 0.3) is 35.1 Å². The van der Waals surface area contributed by atoms with Crippen molar-refractivity contribution in [2.75, 3.05) is 7.11 Å². The number of esters is 1. The molecular formula is C30H23N5O3. The van der Waals surface area contributed by atoms with E-state index in [0.717, 1.165) is 22.3 Å². The predicted molar refractivity (Wildman–Crippen MR) is 146 cm³/mol. The summed E-state index contributed by atoms with van der Waals surface area (Å²) in [7, 11) is 1.33. The zero-order valence-electron chi connectivity index (χ0n) is 20.6. The Balaban J connectivity index is 1.50. The van der Waals surface area contributed by atoms with Gasteiger partial charge in [-0.15, -0.1) is 0 Å². The second-order valence-electron chi connectivity index (χ2n) is 8.42. The Morgan fingerprint density at radius 1 is 0.895 bits per heavy atom. The third-order valence-corrected chi connectivity index (χ3v) is 5.77. The maximum atomic E-state index is 13.6. The first-order valence-electron chi connectivity index (χ1n) is 11.9. The molecule has 0 N–H and O–H groups in total. The quantitative estimate of drug-likeness (QED) is 0.239. The number of ether oxygens (including phenoxy) is 1. The second kappa shape index (κ2) is 11.2. The van der Waals surface area contributed by atoms with Crippen molar-refractivity contribution in [2.45, 2.75) is 6.42 Å². The summed E-state index contributed by atoms with van der Waals surface area (Å²) in [6.07, 6.45) is 15.7. The summed E-state index contributed by atoms with van der Waals surface area (Å²) in [5, 5.41) is 0. The number of fused-ring (bicyclic) bond motifs is 1. The first-order valence-corrected chi connectivity index (χ1v) is 11.9. The van der Waals surface area contributed by atoms with Crippen molar-refractivity contribution in [1.82, 2.24) is 24.5 Å². The summed E-state index contributed by atoms with van der Waals surface area (Å²) >= 11 is 0. The van der Waals surface area contributed by atoms with Crippen molar-refractivity contribution in [3.63, 3.8) is 0 Å². The summed E-state index contributed by atoms with van der Waals surface area (Å²) in [4.78, 5) is 42.5. The largest absolute Gasteiger partial charge is 0.466 e. The van der Waals surface area contributed by atoms with Gasteiger partial charge in [0, 0.05) is 43.5 Å². The van der Waals surface area contributed by atoms with Crippen molar-refractivity contribution >= 4 is 35.4 Å². The molecule has 0 aliphatic heterocycles. The van der Waals surface area contributed by atoms with Gasteiger partial charge in [0.25, 0.3) is 5.56 Å². The molecule has 1 aromatic carbocycles. The lowest BCUT2D eigenvalue weighted by molar-refractivity contribution is -0.134. The maximum Gasteiger partial charge on any atom is 0.330 e. The highest BCUT2D eigenvalue weighted by atomic mass is 16.5. The number of benzene rings is 1. The number of pyridine rings is 3. The lowest BCUT2D eigenvalue weighted by atomic mass is 10.1. The number of nitrogens with zero attached hydrogens (tertiary/aromatic N) is 5. The van der Waals surface area contributed by atoms with Crippen molar-refractivity contribution < 1.29 is 9.53 Å². The van der Waals surface area contributed by atoms with Crippen molar-refractivity contribution in [2.24, 2.45) is 0 Å². The van der Waals surface area contributed by atoms with Crippen LogP contribution in [0, 0.1) is 0 Å². The summed E-state index contributed by atoms with van der Waals surface area (Å²) in [6, 6.07) is 17.0. The van der Waals surface area contributed by atoms with Crippen LogP contribution < -0.4 is 5.56 Å². The highest BCUT2D eigenvalue weighted by molar-refractivity contribution is 5.87. The van der Waals surface area contributed by atoms with E-state index in [1.807, 2.05) is 60.7 Å². The van der Waals surface area contributed by atoms with E-state index >= 15 is 0 Å². The van der Waals surface area contributed by atoms with E-state index in [1.54, 1.807) is 47.7 Å². The van der Waals surface area contributed by atoms with Gasteiger partial charge >= 0.3 is 5.97 Å². The minimum absolute atomic E-state index is 0.226. The van der Waals surface area contributed by atoms with Gasteiger partial charge in [-0.3, -0.25) is 19.3 Å². The summed E-state index contributed by atoms with van der Waals surface area (Å²) in [6.45, 7) is 0. The Morgan fingerprint density at radius 2 is 1.71 bits per heavy atom. The molecule has 0 aliphatic rings. The predicted octanol–water partition coefficient (Wildman–Crippen LogP) is 4.52. The fraction of sp³-hybridized carbons (Fsp3) is 0.0667. The number of hydrogen-bond acceptors (Lipinski definition) is 7. The molecule has 0 fully saturated rings. The smallest absolute Gasteiger partial charge is 0.330 e. The Kier molecular flexibility index (Phi) is 7.22. The van der Waals surface area contributed by atoms with E-state index in [2.05, 4.69) is 24.7 Å². The molecule has 5 aromatic rings. The first kappa shape index (κ1) is 24.5. The number of carbonyl (C=O) groups is 1. The highest BCUT2D eigenvalue weighted by Gasteiger charge is 2.14. The molecule has 0 amide bonds. The van der Waals surface area contributed by atoms with E-state index in [-0.39, 0.29) is 5.56 Å². The average molecular weight is 502 g/mol. The van der Waals surface area contributed by atoms with E-state index in [9.17, 15) is 9.59 Å². The SMILES string of the molecule is COC(=O)C=Cc1cncc(C=Cc2cccc(-n3c(=O)c(Cc4cccnc4)nc4cccnc43)c2)c1. The van der Waals surface area contributed by atoms with Gasteiger partial charge in [-0.2, -0.15) is 0 Å². The third-order valence-electron chi connectivity index (χ3n) is 5.77. The van der Waals surface area contributed by atoms with Gasteiger partial charge in [-0.1, -0.05) is 30.4 Å². The van der Waals surface area contributed by atoms with E-state index in [0.29, 0.717) is 29.0 Å².